The minimum atomic E-state index is -3.99. The van der Waals surface area contributed by atoms with Crippen molar-refractivity contribution < 1.29 is 17.9 Å². The number of aryl methyl sites for hydroxylation is 2. The van der Waals surface area contributed by atoms with Crippen LogP contribution in [0.15, 0.2) is 65.6 Å². The summed E-state index contributed by atoms with van der Waals surface area (Å²) in [6.45, 7) is 6.71. The van der Waals surface area contributed by atoms with Crippen molar-refractivity contribution in [2.75, 3.05) is 17.9 Å². The first-order valence-corrected chi connectivity index (χ1v) is 13.0. The van der Waals surface area contributed by atoms with Crippen LogP contribution in [0.4, 0.5) is 5.69 Å². The lowest BCUT2D eigenvalue weighted by Gasteiger charge is -2.14. The second-order valence-electron chi connectivity index (χ2n) is 7.90. The number of amides is 1. The lowest BCUT2D eigenvalue weighted by molar-refractivity contribution is 0.0953. The highest BCUT2D eigenvalue weighted by Crippen LogP contribution is 2.27. The largest absolute Gasteiger partial charge is 0.494 e. The van der Waals surface area contributed by atoms with Gasteiger partial charge in [0.25, 0.3) is 15.9 Å². The zero-order valence-corrected chi connectivity index (χ0v) is 21.1. The van der Waals surface area contributed by atoms with Crippen molar-refractivity contribution in [2.45, 2.75) is 38.5 Å². The van der Waals surface area contributed by atoms with Gasteiger partial charge in [-0.15, -0.1) is 0 Å². The molecule has 0 aliphatic heterocycles. The zero-order valence-electron chi connectivity index (χ0n) is 19.5. The molecule has 3 rings (SSSR count). The minimum Gasteiger partial charge on any atom is -0.494 e. The van der Waals surface area contributed by atoms with Gasteiger partial charge in [-0.3, -0.25) is 9.52 Å². The molecule has 0 heterocycles. The molecule has 0 aromatic heterocycles. The van der Waals surface area contributed by atoms with Crippen molar-refractivity contribution in [1.82, 2.24) is 5.32 Å². The molecule has 34 heavy (non-hydrogen) atoms. The second kappa shape index (κ2) is 11.4. The maximum atomic E-state index is 13.0. The molecule has 0 aliphatic carbocycles. The number of sulfonamides is 1. The van der Waals surface area contributed by atoms with Crippen LogP contribution >= 0.6 is 11.6 Å². The van der Waals surface area contributed by atoms with Crippen LogP contribution in [0.2, 0.25) is 5.02 Å². The molecule has 0 radical (unpaired) electrons. The Hall–Kier alpha value is -3.03. The molecule has 180 valence electrons. The van der Waals surface area contributed by atoms with Gasteiger partial charge in [-0.25, -0.2) is 8.42 Å². The number of benzene rings is 3. The van der Waals surface area contributed by atoms with Crippen molar-refractivity contribution in [3.05, 3.63) is 87.9 Å². The molecular formula is C26H29ClN2O4S. The van der Waals surface area contributed by atoms with Crippen LogP contribution in [0.5, 0.6) is 5.75 Å². The van der Waals surface area contributed by atoms with Crippen LogP contribution < -0.4 is 14.8 Å². The summed E-state index contributed by atoms with van der Waals surface area (Å²) >= 11 is 6.20. The van der Waals surface area contributed by atoms with E-state index >= 15 is 0 Å². The van der Waals surface area contributed by atoms with Crippen molar-refractivity contribution in [1.29, 1.82) is 0 Å². The summed E-state index contributed by atoms with van der Waals surface area (Å²) in [6.07, 6.45) is 1.46. The van der Waals surface area contributed by atoms with Crippen LogP contribution in [0, 0.1) is 13.8 Å². The molecule has 0 atom stereocenters. The Morgan fingerprint density at radius 1 is 1.03 bits per heavy atom. The Balaban J connectivity index is 1.67. The van der Waals surface area contributed by atoms with Crippen LogP contribution in [0.3, 0.4) is 0 Å². The molecule has 0 aliphatic rings. The molecule has 0 bridgehead atoms. The van der Waals surface area contributed by atoms with E-state index in [1.165, 1.54) is 18.2 Å². The first-order chi connectivity index (χ1) is 16.2. The fourth-order valence-corrected chi connectivity index (χ4v) is 5.15. The summed E-state index contributed by atoms with van der Waals surface area (Å²) in [5.41, 5.74) is 3.56. The molecule has 6 nitrogen and oxygen atoms in total. The van der Waals surface area contributed by atoms with E-state index in [9.17, 15) is 13.2 Å². The summed E-state index contributed by atoms with van der Waals surface area (Å²) in [6, 6.07) is 17.4. The Morgan fingerprint density at radius 2 is 1.79 bits per heavy atom. The number of carbonyl (C=O) groups excluding carboxylic acids is 1. The summed E-state index contributed by atoms with van der Waals surface area (Å²) in [5, 5.41) is 2.89. The maximum Gasteiger partial charge on any atom is 0.263 e. The van der Waals surface area contributed by atoms with Crippen molar-refractivity contribution in [2.24, 2.45) is 0 Å². The summed E-state index contributed by atoms with van der Waals surface area (Å²) < 4.78 is 34.3. The molecule has 3 aromatic carbocycles. The van der Waals surface area contributed by atoms with Gasteiger partial charge in [0.1, 0.15) is 10.6 Å². The lowest BCUT2D eigenvalue weighted by atomic mass is 10.1. The van der Waals surface area contributed by atoms with Crippen LogP contribution in [0.1, 0.15) is 40.4 Å². The molecule has 8 heteroatoms. The molecule has 0 saturated carbocycles. The van der Waals surface area contributed by atoms with Gasteiger partial charge in [0.15, 0.2) is 0 Å². The molecular weight excluding hydrogens is 472 g/mol. The summed E-state index contributed by atoms with van der Waals surface area (Å²) in [4.78, 5) is 12.5. The fourth-order valence-electron chi connectivity index (χ4n) is 3.50. The highest BCUT2D eigenvalue weighted by molar-refractivity contribution is 7.92. The van der Waals surface area contributed by atoms with Crippen LogP contribution in [-0.4, -0.2) is 27.5 Å². The van der Waals surface area contributed by atoms with Crippen LogP contribution in [-0.2, 0) is 16.4 Å². The van der Waals surface area contributed by atoms with E-state index in [-0.39, 0.29) is 21.4 Å². The number of hydrogen-bond acceptors (Lipinski definition) is 4. The highest BCUT2D eigenvalue weighted by atomic mass is 35.5. The van der Waals surface area contributed by atoms with E-state index in [1.807, 2.05) is 51.1 Å². The molecule has 0 spiro atoms. The maximum absolute atomic E-state index is 13.0. The van der Waals surface area contributed by atoms with E-state index in [4.69, 9.17) is 16.3 Å². The van der Waals surface area contributed by atoms with Gasteiger partial charge in [-0.1, -0.05) is 41.9 Å². The fraction of sp³-hybridized carbons (Fsp3) is 0.269. The highest BCUT2D eigenvalue weighted by Gasteiger charge is 2.21. The summed E-state index contributed by atoms with van der Waals surface area (Å²) in [7, 11) is -3.99. The number of carbonyl (C=O) groups is 1. The number of anilines is 1. The first-order valence-electron chi connectivity index (χ1n) is 11.1. The SMILES string of the molecule is CCOc1ccccc1CCCNC(=O)c1ccc(Cl)c(S(=O)(=O)Nc2cccc(C)c2C)c1. The third-order valence-electron chi connectivity index (χ3n) is 5.51. The van der Waals surface area contributed by atoms with E-state index < -0.39 is 10.0 Å². The predicted molar refractivity (Wildman–Crippen MR) is 136 cm³/mol. The van der Waals surface area contributed by atoms with Crippen molar-refractivity contribution >= 4 is 33.2 Å². The Kier molecular flexibility index (Phi) is 8.58. The van der Waals surface area contributed by atoms with E-state index in [0.717, 1.165) is 28.9 Å². The lowest BCUT2D eigenvalue weighted by Crippen LogP contribution is -2.25. The van der Waals surface area contributed by atoms with Crippen molar-refractivity contribution in [3.8, 4) is 5.75 Å². The molecule has 0 fully saturated rings. The van der Waals surface area contributed by atoms with Crippen molar-refractivity contribution in [3.63, 3.8) is 0 Å². The molecule has 3 aromatic rings. The van der Waals surface area contributed by atoms with Crippen LogP contribution in [0.25, 0.3) is 0 Å². The quantitative estimate of drug-likeness (QED) is 0.359. The predicted octanol–water partition coefficient (Wildman–Crippen LogP) is 5.52. The van der Waals surface area contributed by atoms with Gasteiger partial charge in [-0.2, -0.15) is 0 Å². The zero-order chi connectivity index (χ0) is 24.7. The van der Waals surface area contributed by atoms with Gasteiger partial charge in [0.2, 0.25) is 0 Å². The van der Waals surface area contributed by atoms with Gasteiger partial charge in [-0.05, 0) is 80.6 Å². The molecule has 0 saturated heterocycles. The molecule has 0 unspecified atom stereocenters. The standard InChI is InChI=1S/C26H29ClN2O4S/c1-4-33-24-13-6-5-10-20(24)11-8-16-28-26(30)21-14-15-22(27)25(17-21)34(31,32)29-23-12-7-9-18(2)19(23)3/h5-7,9-10,12-15,17,29H,4,8,11,16H2,1-3H3,(H,28,30). The summed E-state index contributed by atoms with van der Waals surface area (Å²) in [5.74, 6) is 0.484. The number of ether oxygens (including phenoxy) is 1. The smallest absolute Gasteiger partial charge is 0.263 e. The number of nitrogens with one attached hydrogen (secondary N) is 2. The van der Waals surface area contributed by atoms with Gasteiger partial charge < -0.3 is 10.1 Å². The van der Waals surface area contributed by atoms with Gasteiger partial charge in [0.05, 0.1) is 17.3 Å². The number of para-hydroxylation sites is 1. The Labute approximate surface area is 206 Å². The third kappa shape index (κ3) is 6.30. The minimum absolute atomic E-state index is 0.0434. The normalized spacial score (nSPS) is 11.2. The second-order valence-corrected chi connectivity index (χ2v) is 9.96. The molecule has 2 N–H and O–H groups in total. The average Bonchev–Trinajstić information content (AvgIpc) is 2.81. The van der Waals surface area contributed by atoms with E-state index in [2.05, 4.69) is 10.0 Å². The number of hydrogen-bond donors (Lipinski definition) is 2. The average molecular weight is 501 g/mol. The number of halogens is 1. The first kappa shape index (κ1) is 25.6. The van der Waals surface area contributed by atoms with Gasteiger partial charge >= 0.3 is 0 Å². The Morgan fingerprint density at radius 3 is 2.56 bits per heavy atom. The topological polar surface area (TPSA) is 84.5 Å². The van der Waals surface area contributed by atoms with Gasteiger partial charge in [0, 0.05) is 12.1 Å². The monoisotopic (exact) mass is 500 g/mol. The third-order valence-corrected chi connectivity index (χ3v) is 7.36. The Bertz CT molecular complexity index is 1280. The molecule has 1 amide bonds. The van der Waals surface area contributed by atoms with E-state index in [1.54, 1.807) is 12.1 Å². The van der Waals surface area contributed by atoms with E-state index in [0.29, 0.717) is 25.3 Å². The number of rotatable bonds is 10.